The minimum absolute atomic E-state index is 0. The number of rotatable bonds is 3. The number of sulfone groups is 1. The van der Waals surface area contributed by atoms with Crippen LogP contribution in [0.5, 0.6) is 5.75 Å². The molecule has 4 rings (SSSR count). The Labute approximate surface area is 164 Å². The van der Waals surface area contributed by atoms with Crippen LogP contribution in [0, 0.1) is 0 Å². The number of halogens is 4. The van der Waals surface area contributed by atoms with Crippen LogP contribution in [0.2, 0.25) is 0 Å². The second-order valence-corrected chi connectivity index (χ2v) is 8.04. The van der Waals surface area contributed by atoms with Gasteiger partial charge in [0.15, 0.2) is 11.3 Å². The maximum absolute atomic E-state index is 12.9. The van der Waals surface area contributed by atoms with Crippen LogP contribution in [-0.4, -0.2) is 21.3 Å². The number of fused-ring (bicyclic) bond motifs is 3. The molecule has 0 bridgehead atoms. The minimum Gasteiger partial charge on any atom is -0.457 e. The summed E-state index contributed by atoms with van der Waals surface area (Å²) in [6.07, 6.45) is -4.48. The van der Waals surface area contributed by atoms with Crippen LogP contribution in [-0.2, 0) is 22.8 Å². The number of benzene rings is 2. The Morgan fingerprint density at radius 2 is 1.79 bits per heavy atom. The van der Waals surface area contributed by atoms with E-state index in [9.17, 15) is 21.6 Å². The van der Waals surface area contributed by atoms with E-state index in [0.29, 0.717) is 36.2 Å². The summed E-state index contributed by atoms with van der Waals surface area (Å²) in [5.74, 6) is -0.131. The maximum atomic E-state index is 12.9. The summed E-state index contributed by atoms with van der Waals surface area (Å²) in [5, 5.41) is 3.40. The highest BCUT2D eigenvalue weighted by atomic mass is 35.5. The van der Waals surface area contributed by atoms with Crippen molar-refractivity contribution in [3.63, 3.8) is 0 Å². The molecule has 0 saturated carbocycles. The topological polar surface area (TPSA) is 68.5 Å². The van der Waals surface area contributed by atoms with Crippen molar-refractivity contribution in [2.45, 2.75) is 29.1 Å². The Morgan fingerprint density at radius 1 is 1.07 bits per heavy atom. The lowest BCUT2D eigenvalue weighted by atomic mass is 10.1. The third-order valence-electron chi connectivity index (χ3n) is 4.34. The highest BCUT2D eigenvalue weighted by molar-refractivity contribution is 7.91. The number of hydrogen-bond acceptors (Lipinski definition) is 5. The van der Waals surface area contributed by atoms with E-state index in [2.05, 4.69) is 10.1 Å². The fourth-order valence-electron chi connectivity index (χ4n) is 3.14. The number of hydrogen-bond donors (Lipinski definition) is 1. The minimum atomic E-state index is -4.98. The van der Waals surface area contributed by atoms with E-state index in [4.69, 9.17) is 4.42 Å². The second-order valence-electron chi connectivity index (χ2n) is 6.09. The Kier molecular flexibility index (Phi) is 5.35. The monoisotopic (exact) mass is 433 g/mol. The molecule has 0 fully saturated rings. The van der Waals surface area contributed by atoms with E-state index >= 15 is 0 Å². The van der Waals surface area contributed by atoms with Gasteiger partial charge in [0.05, 0.1) is 9.79 Å². The molecule has 28 heavy (non-hydrogen) atoms. The first-order chi connectivity index (χ1) is 12.8. The molecule has 3 aromatic rings. The van der Waals surface area contributed by atoms with Crippen LogP contribution < -0.4 is 10.1 Å². The third-order valence-corrected chi connectivity index (χ3v) is 6.08. The quantitative estimate of drug-likeness (QED) is 0.669. The molecule has 1 aliphatic rings. The van der Waals surface area contributed by atoms with Crippen LogP contribution in [0.1, 0.15) is 11.3 Å². The molecule has 1 N–H and O–H groups in total. The molecule has 1 aliphatic heterocycles. The smallest absolute Gasteiger partial charge is 0.457 e. The van der Waals surface area contributed by atoms with Gasteiger partial charge in [-0.05, 0) is 18.2 Å². The zero-order chi connectivity index (χ0) is 19.2. The van der Waals surface area contributed by atoms with Crippen molar-refractivity contribution in [2.24, 2.45) is 0 Å². The van der Waals surface area contributed by atoms with Gasteiger partial charge >= 0.3 is 6.36 Å². The van der Waals surface area contributed by atoms with Gasteiger partial charge in [0.25, 0.3) is 0 Å². The molecule has 0 saturated heterocycles. The van der Waals surface area contributed by atoms with Crippen LogP contribution in [0.3, 0.4) is 0 Å². The molecular formula is C18H15ClF3NO4S. The van der Waals surface area contributed by atoms with E-state index in [-0.39, 0.29) is 27.8 Å². The summed E-state index contributed by atoms with van der Waals surface area (Å²) in [6, 6.07) is 9.71. The van der Waals surface area contributed by atoms with Gasteiger partial charge in [-0.15, -0.1) is 25.6 Å². The van der Waals surface area contributed by atoms with E-state index in [1.54, 1.807) is 18.2 Å². The van der Waals surface area contributed by atoms with Crippen molar-refractivity contribution in [1.29, 1.82) is 0 Å². The lowest BCUT2D eigenvalue weighted by molar-refractivity contribution is -0.274. The van der Waals surface area contributed by atoms with Crippen molar-refractivity contribution < 1.29 is 30.7 Å². The predicted octanol–water partition coefficient (Wildman–Crippen LogP) is 4.23. The summed E-state index contributed by atoms with van der Waals surface area (Å²) < 4.78 is 74.1. The first kappa shape index (κ1) is 20.5. The largest absolute Gasteiger partial charge is 0.573 e. The molecule has 0 spiro atoms. The van der Waals surface area contributed by atoms with Gasteiger partial charge in [-0.2, -0.15) is 0 Å². The van der Waals surface area contributed by atoms with Gasteiger partial charge in [0.2, 0.25) is 9.84 Å². The van der Waals surface area contributed by atoms with Gasteiger partial charge in [-0.25, -0.2) is 8.42 Å². The van der Waals surface area contributed by atoms with Crippen molar-refractivity contribution in [1.82, 2.24) is 5.32 Å². The summed E-state index contributed by atoms with van der Waals surface area (Å²) in [7, 11) is -4.02. The van der Waals surface area contributed by atoms with Crippen molar-refractivity contribution in [3.8, 4) is 5.75 Å². The first-order valence-corrected chi connectivity index (χ1v) is 9.59. The molecular weight excluding hydrogens is 419 g/mol. The molecule has 0 atom stereocenters. The highest BCUT2D eigenvalue weighted by Crippen LogP contribution is 2.39. The molecule has 5 nitrogen and oxygen atoms in total. The SMILES string of the molecule is Cl.O=S(=O)(c1ccccc1)c1cc(OC(F)(F)F)c2oc3c(c2c1)CNCC3. The van der Waals surface area contributed by atoms with Crippen molar-refractivity contribution in [3.05, 3.63) is 53.8 Å². The fraction of sp³-hybridized carbons (Fsp3) is 0.222. The average Bonchev–Trinajstić information content (AvgIpc) is 3.00. The van der Waals surface area contributed by atoms with Gasteiger partial charge in [0.1, 0.15) is 5.76 Å². The zero-order valence-electron chi connectivity index (χ0n) is 14.2. The number of ether oxygens (including phenoxy) is 1. The molecule has 0 aliphatic carbocycles. The molecule has 1 aromatic heterocycles. The van der Waals surface area contributed by atoms with Crippen LogP contribution >= 0.6 is 12.4 Å². The van der Waals surface area contributed by atoms with Gasteiger partial charge < -0.3 is 14.5 Å². The summed E-state index contributed by atoms with van der Waals surface area (Å²) in [5.41, 5.74) is 0.543. The zero-order valence-corrected chi connectivity index (χ0v) is 15.9. The molecule has 0 radical (unpaired) electrons. The molecule has 150 valence electrons. The summed E-state index contributed by atoms with van der Waals surface area (Å²) >= 11 is 0. The van der Waals surface area contributed by atoms with Crippen LogP contribution in [0.25, 0.3) is 11.0 Å². The Balaban J connectivity index is 0.00000225. The fourth-order valence-corrected chi connectivity index (χ4v) is 4.47. The Morgan fingerprint density at radius 3 is 2.46 bits per heavy atom. The van der Waals surface area contributed by atoms with Crippen molar-refractivity contribution in [2.75, 3.05) is 6.54 Å². The van der Waals surface area contributed by atoms with Crippen molar-refractivity contribution >= 4 is 33.2 Å². The van der Waals surface area contributed by atoms with Crippen LogP contribution in [0.15, 0.2) is 56.7 Å². The van der Waals surface area contributed by atoms with E-state index in [1.165, 1.54) is 18.2 Å². The molecule has 2 heterocycles. The Bertz CT molecular complexity index is 1110. The number of nitrogens with one attached hydrogen (secondary N) is 1. The molecule has 0 unspecified atom stereocenters. The van der Waals surface area contributed by atoms with E-state index in [0.717, 1.165) is 6.07 Å². The average molecular weight is 434 g/mol. The number of furan rings is 1. The van der Waals surface area contributed by atoms with E-state index in [1.807, 2.05) is 0 Å². The first-order valence-electron chi connectivity index (χ1n) is 8.10. The third kappa shape index (κ3) is 3.69. The molecule has 2 aromatic carbocycles. The number of alkyl halides is 3. The lowest BCUT2D eigenvalue weighted by Gasteiger charge is -2.12. The normalized spacial score (nSPS) is 14.4. The van der Waals surface area contributed by atoms with Gasteiger partial charge in [-0.3, -0.25) is 0 Å². The second kappa shape index (κ2) is 7.31. The van der Waals surface area contributed by atoms with Gasteiger partial charge in [-0.1, -0.05) is 18.2 Å². The van der Waals surface area contributed by atoms with E-state index < -0.39 is 21.9 Å². The Hall–Kier alpha value is -2.23. The molecule has 0 amide bonds. The summed E-state index contributed by atoms with van der Waals surface area (Å²) in [6.45, 7) is 1.00. The van der Waals surface area contributed by atoms with Gasteiger partial charge in [0, 0.05) is 36.5 Å². The van der Waals surface area contributed by atoms with Crippen LogP contribution in [0.4, 0.5) is 13.2 Å². The highest BCUT2D eigenvalue weighted by Gasteiger charge is 2.34. The summed E-state index contributed by atoms with van der Waals surface area (Å²) in [4.78, 5) is -0.299. The lowest BCUT2D eigenvalue weighted by Crippen LogP contribution is -2.22. The molecule has 10 heteroatoms. The maximum Gasteiger partial charge on any atom is 0.573 e. The standard InChI is InChI=1S/C18H14F3NO4S.ClH/c19-18(20,21)26-16-9-12(27(23,24)11-4-2-1-3-5-11)8-13-14-10-22-7-6-15(14)25-17(13)16;/h1-5,8-9,22H,6-7,10H2;1H. The predicted molar refractivity (Wildman–Crippen MR) is 97.4 cm³/mol.